The molecule has 9 heteroatoms. The van der Waals surface area contributed by atoms with Crippen LogP contribution in [-0.2, 0) is 21.4 Å². The Bertz CT molecular complexity index is 874. The molecular formula is C15H15BrN2O5S. The second-order valence-electron chi connectivity index (χ2n) is 5.54. The summed E-state index contributed by atoms with van der Waals surface area (Å²) in [6.45, 7) is 1.68. The molecule has 3 rings (SSSR count). The quantitative estimate of drug-likeness (QED) is 0.729. The van der Waals surface area contributed by atoms with Gasteiger partial charge < -0.3 is 9.26 Å². The zero-order chi connectivity index (χ0) is 17.3. The fourth-order valence-corrected chi connectivity index (χ4v) is 3.76. The lowest BCUT2D eigenvalue weighted by atomic mass is 10.2. The highest BCUT2D eigenvalue weighted by molar-refractivity contribution is 9.10. The van der Waals surface area contributed by atoms with Crippen LogP contribution in [0.15, 0.2) is 38.2 Å². The van der Waals surface area contributed by atoms with E-state index in [-0.39, 0.29) is 23.1 Å². The Morgan fingerprint density at radius 1 is 1.42 bits per heavy atom. The van der Waals surface area contributed by atoms with Crippen molar-refractivity contribution >= 4 is 31.9 Å². The molecule has 1 aromatic carbocycles. The van der Waals surface area contributed by atoms with E-state index in [9.17, 15) is 13.2 Å². The second-order valence-corrected chi connectivity index (χ2v) is 8.11. The number of ether oxygens (including phenoxy) is 1. The maximum atomic E-state index is 12.2. The number of esters is 1. The van der Waals surface area contributed by atoms with Crippen LogP contribution in [0.5, 0.6) is 0 Å². The van der Waals surface area contributed by atoms with Crippen LogP contribution in [0.25, 0.3) is 0 Å². The van der Waals surface area contributed by atoms with Crippen LogP contribution in [-0.4, -0.2) is 25.6 Å². The molecule has 0 unspecified atom stereocenters. The van der Waals surface area contributed by atoms with Crippen molar-refractivity contribution in [3.63, 3.8) is 0 Å². The molecule has 128 valence electrons. The molecule has 24 heavy (non-hydrogen) atoms. The van der Waals surface area contributed by atoms with Crippen molar-refractivity contribution in [2.45, 2.75) is 37.3 Å². The van der Waals surface area contributed by atoms with E-state index in [4.69, 9.17) is 9.26 Å². The molecule has 2 aromatic rings. The summed E-state index contributed by atoms with van der Waals surface area (Å²) in [5.41, 5.74) is 0.616. The number of sulfonamides is 1. The first kappa shape index (κ1) is 17.1. The van der Waals surface area contributed by atoms with E-state index in [2.05, 4.69) is 25.8 Å². The molecule has 1 saturated carbocycles. The van der Waals surface area contributed by atoms with Gasteiger partial charge in [0.05, 0.1) is 10.5 Å². The van der Waals surface area contributed by atoms with E-state index in [0.717, 1.165) is 12.8 Å². The standard InChI is InChI=1S/C15H15BrN2O5S/c1-9-6-11(17-23-9)8-22-15(19)13-7-12(4-5-14(13)16)24(20,21)18-10-2-3-10/h4-7,10,18H,2-3,8H2,1H3. The zero-order valence-corrected chi connectivity index (χ0v) is 15.2. The van der Waals surface area contributed by atoms with Crippen LogP contribution in [0.1, 0.15) is 34.7 Å². The van der Waals surface area contributed by atoms with Gasteiger partial charge in [-0.05, 0) is 53.9 Å². The van der Waals surface area contributed by atoms with Gasteiger partial charge in [0, 0.05) is 16.6 Å². The largest absolute Gasteiger partial charge is 0.455 e. The molecule has 7 nitrogen and oxygen atoms in total. The van der Waals surface area contributed by atoms with Gasteiger partial charge >= 0.3 is 5.97 Å². The lowest BCUT2D eigenvalue weighted by Crippen LogP contribution is -2.26. The minimum atomic E-state index is -3.64. The van der Waals surface area contributed by atoms with Gasteiger partial charge in [-0.3, -0.25) is 0 Å². The van der Waals surface area contributed by atoms with Crippen LogP contribution in [0.4, 0.5) is 0 Å². The summed E-state index contributed by atoms with van der Waals surface area (Å²) >= 11 is 3.24. The summed E-state index contributed by atoms with van der Waals surface area (Å²) in [6, 6.07) is 5.89. The van der Waals surface area contributed by atoms with Gasteiger partial charge in [-0.25, -0.2) is 17.9 Å². The zero-order valence-electron chi connectivity index (χ0n) is 12.8. The summed E-state index contributed by atoms with van der Waals surface area (Å²) in [6.07, 6.45) is 1.67. The fraction of sp³-hybridized carbons (Fsp3) is 0.333. The van der Waals surface area contributed by atoms with Gasteiger partial charge in [0.2, 0.25) is 10.0 Å². The molecule has 1 aliphatic rings. The Morgan fingerprint density at radius 2 is 2.17 bits per heavy atom. The molecule has 0 saturated heterocycles. The molecule has 0 amide bonds. The number of benzene rings is 1. The van der Waals surface area contributed by atoms with Gasteiger partial charge in [0.15, 0.2) is 0 Å². The normalized spacial score (nSPS) is 14.6. The first-order chi connectivity index (χ1) is 11.3. The lowest BCUT2D eigenvalue weighted by molar-refractivity contribution is 0.0463. The first-order valence-corrected chi connectivity index (χ1v) is 9.54. The van der Waals surface area contributed by atoms with Gasteiger partial charge in [-0.15, -0.1) is 0 Å². The first-order valence-electron chi connectivity index (χ1n) is 7.26. The van der Waals surface area contributed by atoms with Crippen LogP contribution in [0, 0.1) is 6.92 Å². The predicted molar refractivity (Wildman–Crippen MR) is 87.8 cm³/mol. The Balaban J connectivity index is 1.76. The summed E-state index contributed by atoms with van der Waals surface area (Å²) in [7, 11) is -3.64. The van der Waals surface area contributed by atoms with Crippen molar-refractivity contribution in [1.82, 2.24) is 9.88 Å². The molecule has 0 bridgehead atoms. The van der Waals surface area contributed by atoms with Gasteiger partial charge in [-0.1, -0.05) is 5.16 Å². The SMILES string of the molecule is Cc1cc(COC(=O)c2cc(S(=O)(=O)NC3CC3)ccc2Br)no1. The van der Waals surface area contributed by atoms with E-state index < -0.39 is 16.0 Å². The van der Waals surface area contributed by atoms with Crippen LogP contribution < -0.4 is 4.72 Å². The number of hydrogen-bond acceptors (Lipinski definition) is 6. The molecule has 0 atom stereocenters. The predicted octanol–water partition coefficient (Wildman–Crippen LogP) is 2.54. The molecule has 0 spiro atoms. The molecule has 0 aliphatic heterocycles. The third-order valence-corrected chi connectivity index (χ3v) is 5.60. The highest BCUT2D eigenvalue weighted by atomic mass is 79.9. The number of halogens is 1. The summed E-state index contributed by atoms with van der Waals surface area (Å²) in [4.78, 5) is 12.3. The van der Waals surface area contributed by atoms with Crippen molar-refractivity contribution in [2.24, 2.45) is 0 Å². The van der Waals surface area contributed by atoms with E-state index in [0.29, 0.717) is 15.9 Å². The number of rotatable bonds is 6. The van der Waals surface area contributed by atoms with E-state index in [1.54, 1.807) is 13.0 Å². The molecular weight excluding hydrogens is 400 g/mol. The number of carbonyl (C=O) groups is 1. The monoisotopic (exact) mass is 414 g/mol. The van der Waals surface area contributed by atoms with E-state index in [1.807, 2.05) is 0 Å². The third kappa shape index (κ3) is 4.03. The highest BCUT2D eigenvalue weighted by Crippen LogP contribution is 2.25. The number of aryl methyl sites for hydroxylation is 1. The number of hydrogen-bond donors (Lipinski definition) is 1. The Hall–Kier alpha value is -1.71. The van der Waals surface area contributed by atoms with Gasteiger partial charge in [0.1, 0.15) is 18.1 Å². The average Bonchev–Trinajstić information content (AvgIpc) is 3.23. The Kier molecular flexibility index (Phi) is 4.75. The summed E-state index contributed by atoms with van der Waals surface area (Å²) in [5.74, 6) is -0.0347. The molecule has 0 radical (unpaired) electrons. The topological polar surface area (TPSA) is 98.5 Å². The molecule has 1 aliphatic carbocycles. The fourth-order valence-electron chi connectivity index (χ4n) is 2.02. The van der Waals surface area contributed by atoms with E-state index in [1.165, 1.54) is 18.2 Å². The number of carbonyl (C=O) groups excluding carboxylic acids is 1. The number of aromatic nitrogens is 1. The van der Waals surface area contributed by atoms with Gasteiger partial charge in [0.25, 0.3) is 0 Å². The average molecular weight is 415 g/mol. The Morgan fingerprint density at radius 3 is 2.79 bits per heavy atom. The lowest BCUT2D eigenvalue weighted by Gasteiger charge is -2.09. The van der Waals surface area contributed by atoms with Crippen molar-refractivity contribution in [3.05, 3.63) is 45.8 Å². The minimum absolute atomic E-state index is 0.00977. The highest BCUT2D eigenvalue weighted by Gasteiger charge is 2.28. The van der Waals surface area contributed by atoms with Crippen LogP contribution in [0.3, 0.4) is 0 Å². The second kappa shape index (κ2) is 6.66. The van der Waals surface area contributed by atoms with Crippen molar-refractivity contribution < 1.29 is 22.5 Å². The van der Waals surface area contributed by atoms with Crippen molar-refractivity contribution in [3.8, 4) is 0 Å². The van der Waals surface area contributed by atoms with Crippen LogP contribution >= 0.6 is 15.9 Å². The third-order valence-electron chi connectivity index (χ3n) is 3.40. The smallest absolute Gasteiger partial charge is 0.339 e. The number of nitrogens with one attached hydrogen (secondary N) is 1. The minimum Gasteiger partial charge on any atom is -0.455 e. The maximum Gasteiger partial charge on any atom is 0.339 e. The Labute approximate surface area is 147 Å². The maximum absolute atomic E-state index is 12.2. The van der Waals surface area contributed by atoms with Gasteiger partial charge in [-0.2, -0.15) is 0 Å². The number of nitrogens with zero attached hydrogens (tertiary/aromatic N) is 1. The van der Waals surface area contributed by atoms with Crippen molar-refractivity contribution in [1.29, 1.82) is 0 Å². The molecule has 1 N–H and O–H groups in total. The van der Waals surface area contributed by atoms with Crippen molar-refractivity contribution in [2.75, 3.05) is 0 Å². The van der Waals surface area contributed by atoms with E-state index >= 15 is 0 Å². The molecule has 1 heterocycles. The summed E-state index contributed by atoms with van der Waals surface area (Å²) < 4.78 is 37.6. The van der Waals surface area contributed by atoms with Crippen LogP contribution in [0.2, 0.25) is 0 Å². The summed E-state index contributed by atoms with van der Waals surface area (Å²) in [5, 5.41) is 3.73. The molecule has 1 fully saturated rings. The molecule has 1 aromatic heterocycles.